The largest absolute Gasteiger partial charge is 0.408 e. The number of nitrogens with zero attached hydrogens (tertiary/aromatic N) is 3. The fraction of sp³-hybridized carbons (Fsp3) is 0.667. The fourth-order valence-corrected chi connectivity index (χ4v) is 1.90. The molecular weight excluding hydrogens is 259 g/mol. The van der Waals surface area contributed by atoms with E-state index in [1.54, 1.807) is 27.7 Å². The highest BCUT2D eigenvalue weighted by molar-refractivity contribution is 5.57. The van der Waals surface area contributed by atoms with Gasteiger partial charge in [-0.1, -0.05) is 27.7 Å². The van der Waals surface area contributed by atoms with E-state index in [1.165, 1.54) is 6.08 Å². The zero-order valence-corrected chi connectivity index (χ0v) is 11.2. The van der Waals surface area contributed by atoms with Crippen molar-refractivity contribution in [2.75, 3.05) is 0 Å². The minimum atomic E-state index is -4.37. The smallest absolute Gasteiger partial charge is 0.258 e. The van der Waals surface area contributed by atoms with Crippen LogP contribution in [-0.2, 0) is 11.3 Å². The number of aromatic nitrogens is 2. The Hall–Kier alpha value is -1.62. The van der Waals surface area contributed by atoms with Crippen molar-refractivity contribution in [1.82, 2.24) is 9.78 Å². The van der Waals surface area contributed by atoms with Crippen LogP contribution in [0.2, 0.25) is 0 Å². The Morgan fingerprint density at radius 3 is 2.21 bits per heavy atom. The van der Waals surface area contributed by atoms with E-state index in [1.807, 2.05) is 0 Å². The molecule has 7 heteroatoms. The number of carbonyl (C=O) groups excluding carboxylic acids is 1. The molecule has 0 aliphatic heterocycles. The molecule has 1 rings (SSSR count). The van der Waals surface area contributed by atoms with Gasteiger partial charge in [0.15, 0.2) is 0 Å². The molecule has 1 heterocycles. The van der Waals surface area contributed by atoms with Gasteiger partial charge in [-0.25, -0.2) is 4.79 Å². The molecule has 0 aromatic carbocycles. The number of aliphatic imine (C=N–C) groups is 1. The summed E-state index contributed by atoms with van der Waals surface area (Å²) in [6, 6.07) is 0. The molecule has 106 valence electrons. The summed E-state index contributed by atoms with van der Waals surface area (Å²) in [7, 11) is 0. The van der Waals surface area contributed by atoms with Crippen LogP contribution in [0.1, 0.15) is 50.9 Å². The van der Waals surface area contributed by atoms with Gasteiger partial charge < -0.3 is 0 Å². The summed E-state index contributed by atoms with van der Waals surface area (Å²) in [4.78, 5) is 14.0. The second-order valence-corrected chi connectivity index (χ2v) is 4.90. The van der Waals surface area contributed by atoms with Crippen LogP contribution in [0.5, 0.6) is 0 Å². The molecule has 0 saturated carbocycles. The molecule has 1 aromatic heterocycles. The quantitative estimate of drug-likeness (QED) is 0.622. The van der Waals surface area contributed by atoms with Gasteiger partial charge in [0.25, 0.3) is 0 Å². The molecule has 0 fully saturated rings. The molecule has 19 heavy (non-hydrogen) atoms. The molecule has 0 aliphatic rings. The van der Waals surface area contributed by atoms with Gasteiger partial charge in [-0.2, -0.15) is 23.3 Å². The van der Waals surface area contributed by atoms with E-state index in [-0.39, 0.29) is 17.5 Å². The standard InChI is InChI=1S/C12H16F3N3O/c1-7(2)9-10(16-6-19)11(8(3)4)18(17-9)5-12(13,14)15/h7-8H,5H2,1-4H3. The zero-order chi connectivity index (χ0) is 14.8. The number of isocyanates is 1. The second kappa shape index (κ2) is 5.57. The first-order valence-corrected chi connectivity index (χ1v) is 5.92. The average molecular weight is 275 g/mol. The first-order valence-electron chi connectivity index (χ1n) is 5.92. The van der Waals surface area contributed by atoms with Crippen molar-refractivity contribution in [1.29, 1.82) is 0 Å². The summed E-state index contributed by atoms with van der Waals surface area (Å²) >= 11 is 0. The van der Waals surface area contributed by atoms with E-state index in [4.69, 9.17) is 0 Å². The predicted octanol–water partition coefficient (Wildman–Crippen LogP) is 3.66. The first kappa shape index (κ1) is 15.4. The van der Waals surface area contributed by atoms with E-state index in [9.17, 15) is 18.0 Å². The number of hydrogen-bond acceptors (Lipinski definition) is 3. The summed E-state index contributed by atoms with van der Waals surface area (Å²) in [6.45, 7) is 5.85. The molecule has 0 saturated heterocycles. The van der Waals surface area contributed by atoms with Crippen LogP contribution in [0.15, 0.2) is 4.99 Å². The van der Waals surface area contributed by atoms with E-state index in [2.05, 4.69) is 10.1 Å². The highest BCUT2D eigenvalue weighted by Gasteiger charge is 2.32. The van der Waals surface area contributed by atoms with Gasteiger partial charge in [-0.3, -0.25) is 4.68 Å². The van der Waals surface area contributed by atoms with Gasteiger partial charge in [0.2, 0.25) is 6.08 Å². The van der Waals surface area contributed by atoms with Crippen molar-refractivity contribution < 1.29 is 18.0 Å². The molecule has 0 spiro atoms. The van der Waals surface area contributed by atoms with Crippen LogP contribution in [0.3, 0.4) is 0 Å². The highest BCUT2D eigenvalue weighted by Crippen LogP contribution is 2.35. The number of halogens is 3. The Labute approximate surface area is 109 Å². The van der Waals surface area contributed by atoms with Gasteiger partial charge in [0.05, 0.1) is 11.4 Å². The van der Waals surface area contributed by atoms with Crippen molar-refractivity contribution in [2.45, 2.75) is 52.3 Å². The first-order chi connectivity index (χ1) is 8.67. The van der Waals surface area contributed by atoms with Crippen LogP contribution >= 0.6 is 0 Å². The summed E-state index contributed by atoms with van der Waals surface area (Å²) < 4.78 is 38.5. The van der Waals surface area contributed by atoms with Gasteiger partial charge >= 0.3 is 6.18 Å². The van der Waals surface area contributed by atoms with Crippen molar-refractivity contribution in [3.63, 3.8) is 0 Å². The molecular formula is C12H16F3N3O. The van der Waals surface area contributed by atoms with Gasteiger partial charge in [-0.05, 0) is 11.8 Å². The number of rotatable bonds is 4. The third-order valence-corrected chi connectivity index (χ3v) is 2.57. The molecule has 4 nitrogen and oxygen atoms in total. The van der Waals surface area contributed by atoms with E-state index >= 15 is 0 Å². The zero-order valence-electron chi connectivity index (χ0n) is 11.2. The molecule has 0 unspecified atom stereocenters. The van der Waals surface area contributed by atoms with Gasteiger partial charge in [0.1, 0.15) is 12.2 Å². The lowest BCUT2D eigenvalue weighted by atomic mass is 10.0. The Morgan fingerprint density at radius 1 is 1.26 bits per heavy atom. The van der Waals surface area contributed by atoms with E-state index in [0.29, 0.717) is 11.4 Å². The summed E-state index contributed by atoms with van der Waals surface area (Å²) in [5.41, 5.74) is 0.907. The van der Waals surface area contributed by atoms with Crippen molar-refractivity contribution in [3.05, 3.63) is 11.4 Å². The molecule has 0 N–H and O–H groups in total. The average Bonchev–Trinajstić information content (AvgIpc) is 2.54. The Morgan fingerprint density at radius 2 is 1.84 bits per heavy atom. The lowest BCUT2D eigenvalue weighted by molar-refractivity contribution is -0.143. The van der Waals surface area contributed by atoms with Gasteiger partial charge in [0, 0.05) is 0 Å². The summed E-state index contributed by atoms with van der Waals surface area (Å²) in [5, 5.41) is 3.96. The highest BCUT2D eigenvalue weighted by atomic mass is 19.4. The minimum absolute atomic E-state index is 0.126. The molecule has 0 radical (unpaired) electrons. The van der Waals surface area contributed by atoms with Crippen molar-refractivity contribution >= 4 is 11.8 Å². The molecule has 1 aromatic rings. The Bertz CT molecular complexity index is 497. The lowest BCUT2D eigenvalue weighted by Crippen LogP contribution is -2.21. The van der Waals surface area contributed by atoms with E-state index in [0.717, 1.165) is 4.68 Å². The monoisotopic (exact) mass is 275 g/mol. The summed E-state index contributed by atoms with van der Waals surface area (Å²) in [6.07, 6.45) is -2.98. The van der Waals surface area contributed by atoms with Crippen molar-refractivity contribution in [3.8, 4) is 0 Å². The number of alkyl halides is 3. The maximum atomic E-state index is 12.5. The molecule has 0 aliphatic carbocycles. The van der Waals surface area contributed by atoms with Crippen LogP contribution < -0.4 is 0 Å². The van der Waals surface area contributed by atoms with Crippen molar-refractivity contribution in [2.24, 2.45) is 4.99 Å². The molecule has 0 bridgehead atoms. The normalized spacial score (nSPS) is 12.1. The third kappa shape index (κ3) is 3.67. The minimum Gasteiger partial charge on any atom is -0.258 e. The van der Waals surface area contributed by atoms with Crippen LogP contribution in [0, 0.1) is 0 Å². The van der Waals surface area contributed by atoms with Crippen LogP contribution in [0.25, 0.3) is 0 Å². The second-order valence-electron chi connectivity index (χ2n) is 4.90. The van der Waals surface area contributed by atoms with Gasteiger partial charge in [-0.15, -0.1) is 0 Å². The molecule has 0 amide bonds. The summed E-state index contributed by atoms with van der Waals surface area (Å²) in [5.74, 6) is -0.353. The fourth-order valence-electron chi connectivity index (χ4n) is 1.90. The van der Waals surface area contributed by atoms with Crippen LogP contribution in [0.4, 0.5) is 18.9 Å². The molecule has 0 atom stereocenters. The third-order valence-electron chi connectivity index (χ3n) is 2.57. The predicted molar refractivity (Wildman–Crippen MR) is 64.2 cm³/mol. The lowest BCUT2D eigenvalue weighted by Gasteiger charge is -2.12. The topological polar surface area (TPSA) is 47.2 Å². The maximum absolute atomic E-state index is 12.5. The van der Waals surface area contributed by atoms with Crippen LogP contribution in [-0.4, -0.2) is 22.0 Å². The van der Waals surface area contributed by atoms with E-state index < -0.39 is 12.7 Å². The maximum Gasteiger partial charge on any atom is 0.408 e. The Kier molecular flexibility index (Phi) is 4.52. The number of hydrogen-bond donors (Lipinski definition) is 0. The Balaban J connectivity index is 3.46. The SMILES string of the molecule is CC(C)c1nn(CC(F)(F)F)c(C(C)C)c1N=C=O.